The van der Waals surface area contributed by atoms with Gasteiger partial charge in [-0.1, -0.05) is 31.2 Å². The number of carbonyl (C=O) groups is 2. The van der Waals surface area contributed by atoms with E-state index in [1.165, 1.54) is 30.3 Å². The SMILES string of the molecule is COc1cc(=O)n(C)cc1-c1ccc2c(c1)C=NC(C(C)COC1CC(c3ccccc3OC(=O)Oc3ccc([N+](=O)[O-])cc3)CCO1)(C1(COC(=O)N3CC(C)NCC3C)CCNCC1)N2C1CC1. The lowest BCUT2D eigenvalue weighted by molar-refractivity contribution is -0.384. The number of fused-ring (bicyclic) bond motifs is 1. The van der Waals surface area contributed by atoms with E-state index >= 15 is 0 Å². The lowest BCUT2D eigenvalue weighted by atomic mass is 9.63. The Morgan fingerprint density at radius 3 is 2.51 bits per heavy atom. The number of benzene rings is 3. The highest BCUT2D eigenvalue weighted by Gasteiger charge is 2.62. The molecule has 1 aromatic heterocycles. The van der Waals surface area contributed by atoms with Gasteiger partial charge in [0.2, 0.25) is 0 Å². The first-order chi connectivity index (χ1) is 33.8. The fourth-order valence-electron chi connectivity index (χ4n) is 10.9. The Bertz CT molecular complexity index is 2650. The summed E-state index contributed by atoms with van der Waals surface area (Å²) in [6.45, 7) is 9.83. The van der Waals surface area contributed by atoms with Crippen molar-refractivity contribution in [2.75, 3.05) is 58.0 Å². The number of nitro groups is 1. The number of aryl methyl sites for hydroxylation is 1. The molecule has 2 N–H and O–H groups in total. The number of aromatic nitrogens is 1. The van der Waals surface area contributed by atoms with Gasteiger partial charge in [0.05, 0.1) is 30.7 Å². The van der Waals surface area contributed by atoms with E-state index in [0.717, 1.165) is 53.9 Å². The summed E-state index contributed by atoms with van der Waals surface area (Å²) in [7, 11) is 3.29. The Morgan fingerprint density at radius 1 is 1.00 bits per heavy atom. The van der Waals surface area contributed by atoms with E-state index in [0.29, 0.717) is 56.9 Å². The average Bonchev–Trinajstić information content (AvgIpc) is 4.22. The van der Waals surface area contributed by atoms with Crippen LogP contribution in [0.15, 0.2) is 88.8 Å². The quantitative estimate of drug-likeness (QED) is 0.0549. The number of hydrogen-bond donors (Lipinski definition) is 2. The van der Waals surface area contributed by atoms with Gasteiger partial charge in [0.1, 0.15) is 29.5 Å². The van der Waals surface area contributed by atoms with Gasteiger partial charge in [-0.3, -0.25) is 19.9 Å². The molecule has 4 aliphatic heterocycles. The number of piperazine rings is 1. The topological polar surface area (TPSA) is 198 Å². The number of carbonyl (C=O) groups excluding carboxylic acids is 2. The number of nitro benzene ring substituents is 1. The van der Waals surface area contributed by atoms with Crippen LogP contribution in [0.25, 0.3) is 11.1 Å². The molecule has 1 aliphatic carbocycles. The number of nitrogens with zero attached hydrogens (tertiary/aromatic N) is 5. The molecule has 0 radical (unpaired) electrons. The summed E-state index contributed by atoms with van der Waals surface area (Å²) in [4.78, 5) is 60.4. The molecule has 1 saturated carbocycles. The molecule has 6 atom stereocenters. The number of rotatable bonds is 14. The van der Waals surface area contributed by atoms with Crippen LogP contribution in [-0.2, 0) is 21.3 Å². The third kappa shape index (κ3) is 9.86. The van der Waals surface area contributed by atoms with Crippen molar-refractivity contribution in [1.82, 2.24) is 20.1 Å². The molecule has 70 heavy (non-hydrogen) atoms. The van der Waals surface area contributed by atoms with Crippen molar-refractivity contribution < 1.29 is 42.9 Å². The number of piperidine rings is 1. The van der Waals surface area contributed by atoms with Crippen molar-refractivity contribution in [3.63, 3.8) is 0 Å². The molecule has 3 saturated heterocycles. The predicted molar refractivity (Wildman–Crippen MR) is 262 cm³/mol. The molecule has 18 nitrogen and oxygen atoms in total. The van der Waals surface area contributed by atoms with E-state index in [1.807, 2.05) is 30.2 Å². The van der Waals surface area contributed by atoms with E-state index in [9.17, 15) is 24.5 Å². The highest BCUT2D eigenvalue weighted by atomic mass is 16.7. The first-order valence-electron chi connectivity index (χ1n) is 24.4. The predicted octanol–water partition coefficient (Wildman–Crippen LogP) is 7.41. The van der Waals surface area contributed by atoms with Crippen LogP contribution in [0.1, 0.15) is 76.3 Å². The Morgan fingerprint density at radius 2 is 1.77 bits per heavy atom. The van der Waals surface area contributed by atoms with Crippen LogP contribution >= 0.6 is 0 Å². The number of anilines is 1. The summed E-state index contributed by atoms with van der Waals surface area (Å²) in [5.74, 6) is 0.616. The van der Waals surface area contributed by atoms with Gasteiger partial charge in [0.25, 0.3) is 11.2 Å². The highest BCUT2D eigenvalue weighted by molar-refractivity contribution is 5.94. The van der Waals surface area contributed by atoms with Crippen LogP contribution in [0.4, 0.5) is 21.0 Å². The van der Waals surface area contributed by atoms with Crippen LogP contribution in [0.5, 0.6) is 17.2 Å². The van der Waals surface area contributed by atoms with Crippen LogP contribution in [-0.4, -0.2) is 116 Å². The Labute approximate surface area is 407 Å². The van der Waals surface area contributed by atoms with Crippen molar-refractivity contribution in [3.05, 3.63) is 111 Å². The second kappa shape index (κ2) is 20.6. The maximum Gasteiger partial charge on any atom is 0.519 e. The summed E-state index contributed by atoms with van der Waals surface area (Å²) < 4.78 is 38.0. The maximum atomic E-state index is 14.1. The molecule has 0 spiro atoms. The van der Waals surface area contributed by atoms with E-state index in [4.69, 9.17) is 33.4 Å². The zero-order valence-corrected chi connectivity index (χ0v) is 40.5. The Hall–Kier alpha value is -6.34. The standard InChI is InChI=1S/C52H63N7O11/c1-33(31-67-48-25-37(18-23-66-48)42-8-6-7-9-45(42)70-50(62)69-41-15-13-40(14-16-41)59(63)64)52(51(19-21-53-22-20-51)32-68-49(61)57-29-34(2)54-27-35(57)3)55-28-38-24-36(10-17-44(38)58(52)39-11-12-39)43-30-56(4)47(60)26-46(43)65-5/h6-10,13-17,24,26,28,30,33-35,37,39,48,53-54H,11-12,18-23,25,27,29,31-32H2,1-5H3. The summed E-state index contributed by atoms with van der Waals surface area (Å²) in [6, 6.07) is 20.6. The van der Waals surface area contributed by atoms with Crippen LogP contribution in [0, 0.1) is 21.4 Å². The van der Waals surface area contributed by atoms with Crippen molar-refractivity contribution >= 4 is 29.8 Å². The zero-order chi connectivity index (χ0) is 49.2. The molecule has 5 heterocycles. The van der Waals surface area contributed by atoms with Crippen molar-refractivity contribution in [2.45, 2.75) is 95.3 Å². The Balaban J connectivity index is 1.00. The van der Waals surface area contributed by atoms with Crippen molar-refractivity contribution in [1.29, 1.82) is 0 Å². The molecular weight excluding hydrogens is 899 g/mol. The van der Waals surface area contributed by atoms with Gasteiger partial charge in [0, 0.05) is 98.0 Å². The number of para-hydroxylation sites is 1. The van der Waals surface area contributed by atoms with Crippen molar-refractivity contribution in [3.8, 4) is 28.4 Å². The highest BCUT2D eigenvalue weighted by Crippen LogP contribution is 2.56. The van der Waals surface area contributed by atoms with Gasteiger partial charge in [-0.25, -0.2) is 9.59 Å². The molecule has 3 aromatic carbocycles. The number of nitrogens with one attached hydrogen (secondary N) is 2. The van der Waals surface area contributed by atoms with E-state index in [-0.39, 0.29) is 66.3 Å². The van der Waals surface area contributed by atoms with Gasteiger partial charge in [-0.15, -0.1) is 0 Å². The Kier molecular flexibility index (Phi) is 14.3. The second-order valence-electron chi connectivity index (χ2n) is 19.5. The maximum absolute atomic E-state index is 14.1. The average molecular weight is 962 g/mol. The number of amides is 1. The minimum atomic E-state index is -0.965. The fraction of sp³-hybridized carbons (Fsp3) is 0.500. The van der Waals surface area contributed by atoms with E-state index in [1.54, 1.807) is 37.1 Å². The molecule has 9 rings (SSSR count). The smallest absolute Gasteiger partial charge is 0.496 e. The molecule has 0 bridgehead atoms. The number of hydrogen-bond acceptors (Lipinski definition) is 15. The lowest BCUT2D eigenvalue weighted by Gasteiger charge is -2.60. The number of methoxy groups -OCH3 is 1. The molecule has 18 heteroatoms. The summed E-state index contributed by atoms with van der Waals surface area (Å²) in [5.41, 5.74) is 2.61. The minimum absolute atomic E-state index is 0.0227. The summed E-state index contributed by atoms with van der Waals surface area (Å²) in [5, 5.41) is 18.2. The molecule has 4 fully saturated rings. The largest absolute Gasteiger partial charge is 0.519 e. The fourth-order valence-corrected chi connectivity index (χ4v) is 10.9. The van der Waals surface area contributed by atoms with Gasteiger partial charge in [0.15, 0.2) is 6.29 Å². The van der Waals surface area contributed by atoms with Gasteiger partial charge < -0.3 is 53.4 Å². The van der Waals surface area contributed by atoms with Gasteiger partial charge >= 0.3 is 12.2 Å². The second-order valence-corrected chi connectivity index (χ2v) is 19.5. The summed E-state index contributed by atoms with van der Waals surface area (Å²) in [6.07, 6.45) is 6.39. The monoisotopic (exact) mass is 961 g/mol. The van der Waals surface area contributed by atoms with Gasteiger partial charge in [-0.2, -0.15) is 0 Å². The summed E-state index contributed by atoms with van der Waals surface area (Å²) >= 11 is 0. The third-order valence-corrected chi connectivity index (χ3v) is 14.8. The number of non-ortho nitro benzene ring substituents is 1. The number of pyridine rings is 1. The van der Waals surface area contributed by atoms with E-state index in [2.05, 4.69) is 47.6 Å². The van der Waals surface area contributed by atoms with Crippen LogP contribution < -0.4 is 35.3 Å². The van der Waals surface area contributed by atoms with E-state index < -0.39 is 28.4 Å². The molecule has 372 valence electrons. The first-order valence-corrected chi connectivity index (χ1v) is 24.4. The first kappa shape index (κ1) is 48.7. The molecule has 6 unspecified atom stereocenters. The van der Waals surface area contributed by atoms with Crippen LogP contribution in [0.2, 0.25) is 0 Å². The number of aliphatic imine (C=N–C) groups is 1. The zero-order valence-electron chi connectivity index (χ0n) is 40.5. The molecule has 5 aliphatic rings. The minimum Gasteiger partial charge on any atom is -0.496 e. The van der Waals surface area contributed by atoms with Crippen LogP contribution in [0.3, 0.4) is 0 Å². The lowest BCUT2D eigenvalue weighted by Crippen LogP contribution is -2.69. The van der Waals surface area contributed by atoms with Crippen molar-refractivity contribution in [2.24, 2.45) is 23.4 Å². The normalized spacial score (nSPS) is 24.5. The third-order valence-electron chi connectivity index (χ3n) is 14.8. The molecular formula is C52H63N7O11. The molecule has 1 amide bonds. The molecule has 4 aromatic rings. The van der Waals surface area contributed by atoms with Gasteiger partial charge in [-0.05, 0) is 106 Å². The number of ether oxygens (including phenoxy) is 6.